The van der Waals surface area contributed by atoms with Crippen LogP contribution in [0.5, 0.6) is 5.88 Å². The van der Waals surface area contributed by atoms with Crippen LogP contribution in [0, 0.1) is 13.8 Å². The van der Waals surface area contributed by atoms with Gasteiger partial charge in [0.25, 0.3) is 0 Å². The second-order valence-corrected chi connectivity index (χ2v) is 13.4. The molecule has 11 heteroatoms. The number of hydrogen-bond acceptors (Lipinski definition) is 7. The maximum Gasteiger partial charge on any atom is 0.304 e. The van der Waals surface area contributed by atoms with Gasteiger partial charge >= 0.3 is 5.97 Å². The van der Waals surface area contributed by atoms with Gasteiger partial charge in [-0.05, 0) is 90.6 Å². The molecule has 2 aromatic heterocycles. The average molecular weight is 590 g/mol. The monoisotopic (exact) mass is 589 g/mol. The zero-order valence-electron chi connectivity index (χ0n) is 24.3. The van der Waals surface area contributed by atoms with E-state index in [2.05, 4.69) is 21.4 Å². The fourth-order valence-corrected chi connectivity index (χ4v) is 8.00. The summed E-state index contributed by atoms with van der Waals surface area (Å²) < 4.78 is 37.3. The molecule has 0 saturated carbocycles. The highest BCUT2D eigenvalue weighted by Crippen LogP contribution is 2.39. The lowest BCUT2D eigenvalue weighted by Crippen LogP contribution is -2.36. The Bertz CT molecular complexity index is 1820. The fraction of sp³-hybridized carbons (Fsp3) is 0.419. The largest absolute Gasteiger partial charge is 0.481 e. The van der Waals surface area contributed by atoms with Gasteiger partial charge in [-0.3, -0.25) is 4.79 Å². The number of sulfonamides is 1. The Kier molecular flexibility index (Phi) is 7.26. The number of aryl methyl sites for hydroxylation is 4. The van der Waals surface area contributed by atoms with E-state index >= 15 is 0 Å². The molecule has 0 amide bonds. The summed E-state index contributed by atoms with van der Waals surface area (Å²) in [7, 11) is -2.07. The van der Waals surface area contributed by atoms with Crippen LogP contribution in [0.4, 0.5) is 0 Å². The maximum absolute atomic E-state index is 14.0. The zero-order valence-corrected chi connectivity index (χ0v) is 25.1. The Balaban J connectivity index is 1.46. The Hall–Kier alpha value is -3.83. The zero-order chi connectivity index (χ0) is 29.8. The molecule has 4 aromatic rings. The Morgan fingerprint density at radius 3 is 2.76 bits per heavy atom. The lowest BCUT2D eigenvalue weighted by Gasteiger charge is -2.25. The van der Waals surface area contributed by atoms with Gasteiger partial charge in [0.05, 0.1) is 18.5 Å². The number of aliphatic carboxylic acids is 1. The van der Waals surface area contributed by atoms with Gasteiger partial charge in [0.15, 0.2) is 0 Å². The smallest absolute Gasteiger partial charge is 0.304 e. The molecule has 3 heterocycles. The quantitative estimate of drug-likeness (QED) is 0.335. The van der Waals surface area contributed by atoms with Crippen molar-refractivity contribution in [3.63, 3.8) is 0 Å². The predicted octanol–water partition coefficient (Wildman–Crippen LogP) is 4.44. The number of hydrogen-bond donors (Lipinski definition) is 1. The first-order valence-electron chi connectivity index (χ1n) is 14.4. The molecule has 2 aliphatic rings. The van der Waals surface area contributed by atoms with E-state index in [0.29, 0.717) is 6.42 Å². The summed E-state index contributed by atoms with van der Waals surface area (Å²) in [6, 6.07) is 9.67. The maximum atomic E-state index is 14.0. The molecule has 0 fully saturated rings. The molecule has 42 heavy (non-hydrogen) atoms. The molecule has 0 spiro atoms. The number of benzene rings is 2. The van der Waals surface area contributed by atoms with Crippen molar-refractivity contribution in [3.05, 3.63) is 75.5 Å². The molecule has 0 radical (unpaired) electrons. The summed E-state index contributed by atoms with van der Waals surface area (Å²) in [5, 5.41) is 18.4. The van der Waals surface area contributed by atoms with Gasteiger partial charge in [-0.1, -0.05) is 30.3 Å². The Morgan fingerprint density at radius 1 is 1.19 bits per heavy atom. The van der Waals surface area contributed by atoms with E-state index in [-0.39, 0.29) is 36.4 Å². The van der Waals surface area contributed by atoms with Crippen molar-refractivity contribution in [1.82, 2.24) is 24.3 Å². The van der Waals surface area contributed by atoms with Crippen LogP contribution in [-0.4, -0.2) is 56.4 Å². The van der Waals surface area contributed by atoms with Crippen LogP contribution in [0.2, 0.25) is 0 Å². The lowest BCUT2D eigenvalue weighted by atomic mass is 9.83. The minimum Gasteiger partial charge on any atom is -0.481 e. The van der Waals surface area contributed by atoms with Gasteiger partial charge in [-0.25, -0.2) is 18.1 Å². The normalized spacial score (nSPS) is 18.7. The van der Waals surface area contributed by atoms with E-state index in [1.165, 1.54) is 4.31 Å². The minimum atomic E-state index is -3.90. The summed E-state index contributed by atoms with van der Waals surface area (Å²) in [5.74, 6) is -1.19. The SMILES string of the molecule is CC[C@@H]1CN(Cc2cc([C@@H](CC(=O)O)c3ccc4c(nnn4C)c3C)cc3c2CCC3)S(=O)(=O)c2cc(C)cnc2O1. The van der Waals surface area contributed by atoms with Crippen LogP contribution >= 0.6 is 0 Å². The second kappa shape index (κ2) is 10.8. The summed E-state index contributed by atoms with van der Waals surface area (Å²) in [6.07, 6.45) is 4.51. The van der Waals surface area contributed by atoms with Gasteiger partial charge in [-0.2, -0.15) is 4.31 Å². The third-order valence-electron chi connectivity index (χ3n) is 8.63. The standard InChI is InChI=1S/C31H35N5O5S/c1-5-23-17-36(42(39,40)28-11-18(2)15-32-31(28)41-23)16-22-13-21(12-20-7-6-8-25(20)22)26(14-29(37)38)24-9-10-27-30(19(24)3)33-34-35(27)4/h9-13,15,23,26H,5-8,14,16-17H2,1-4H3,(H,37,38)/t23-,26-/m1/s1. The molecule has 1 aliphatic carbocycles. The molecule has 0 unspecified atom stereocenters. The third-order valence-corrected chi connectivity index (χ3v) is 10.4. The predicted molar refractivity (Wildman–Crippen MR) is 157 cm³/mol. The first-order chi connectivity index (χ1) is 20.1. The van der Waals surface area contributed by atoms with Crippen molar-refractivity contribution in [2.75, 3.05) is 6.54 Å². The molecule has 2 aromatic carbocycles. The third kappa shape index (κ3) is 4.94. The highest BCUT2D eigenvalue weighted by Gasteiger charge is 2.36. The van der Waals surface area contributed by atoms with Gasteiger partial charge in [-0.15, -0.1) is 5.10 Å². The van der Waals surface area contributed by atoms with Gasteiger partial charge in [0.2, 0.25) is 15.9 Å². The van der Waals surface area contributed by atoms with Crippen LogP contribution in [0.25, 0.3) is 11.0 Å². The highest BCUT2D eigenvalue weighted by molar-refractivity contribution is 7.89. The number of ether oxygens (including phenoxy) is 1. The number of nitrogens with zero attached hydrogens (tertiary/aromatic N) is 5. The molecule has 10 nitrogen and oxygen atoms in total. The van der Waals surface area contributed by atoms with Gasteiger partial charge < -0.3 is 9.84 Å². The molecule has 2 atom stereocenters. The number of fused-ring (bicyclic) bond motifs is 3. The summed E-state index contributed by atoms with van der Waals surface area (Å²) in [6.45, 7) is 6.12. The van der Waals surface area contributed by atoms with Crippen LogP contribution in [0.15, 0.2) is 41.4 Å². The van der Waals surface area contributed by atoms with Gasteiger partial charge in [0, 0.05) is 25.7 Å². The number of rotatable bonds is 7. The minimum absolute atomic E-state index is 0.0860. The molecule has 6 rings (SSSR count). The summed E-state index contributed by atoms with van der Waals surface area (Å²) in [4.78, 5) is 16.6. The van der Waals surface area contributed by atoms with Crippen molar-refractivity contribution in [2.24, 2.45) is 7.05 Å². The fourth-order valence-electron chi connectivity index (χ4n) is 6.39. The van der Waals surface area contributed by atoms with E-state index in [1.54, 1.807) is 16.9 Å². The van der Waals surface area contributed by atoms with E-state index < -0.39 is 21.9 Å². The number of carboxylic acid groups (broad SMARTS) is 1. The lowest BCUT2D eigenvalue weighted by molar-refractivity contribution is -0.137. The average Bonchev–Trinajstić information content (AvgIpc) is 3.56. The molecular formula is C31H35N5O5S. The molecule has 1 aliphatic heterocycles. The van der Waals surface area contributed by atoms with Crippen LogP contribution in [0.1, 0.15) is 71.0 Å². The van der Waals surface area contributed by atoms with Crippen LogP contribution in [-0.2, 0) is 41.3 Å². The summed E-state index contributed by atoms with van der Waals surface area (Å²) in [5.41, 5.74) is 8.24. The first-order valence-corrected chi connectivity index (χ1v) is 15.8. The van der Waals surface area contributed by atoms with Crippen molar-refractivity contribution >= 4 is 27.0 Å². The van der Waals surface area contributed by atoms with Gasteiger partial charge in [0.1, 0.15) is 16.5 Å². The summed E-state index contributed by atoms with van der Waals surface area (Å²) >= 11 is 0. The van der Waals surface area contributed by atoms with E-state index in [4.69, 9.17) is 4.74 Å². The highest BCUT2D eigenvalue weighted by atomic mass is 32.2. The number of pyridine rings is 1. The number of carboxylic acids is 1. The van der Waals surface area contributed by atoms with E-state index in [9.17, 15) is 18.3 Å². The molecule has 220 valence electrons. The Morgan fingerprint density at radius 2 is 2.00 bits per heavy atom. The van der Waals surface area contributed by atoms with Crippen molar-refractivity contribution in [3.8, 4) is 5.88 Å². The molecule has 0 saturated heterocycles. The van der Waals surface area contributed by atoms with Crippen molar-refractivity contribution in [2.45, 2.75) is 76.3 Å². The van der Waals surface area contributed by atoms with E-state index in [1.807, 2.05) is 46.0 Å². The molecule has 1 N–H and O–H groups in total. The number of carbonyl (C=O) groups is 1. The topological polar surface area (TPSA) is 128 Å². The first kappa shape index (κ1) is 28.3. The molecular weight excluding hydrogens is 554 g/mol. The second-order valence-electron chi connectivity index (χ2n) is 11.4. The Labute approximate surface area is 245 Å². The van der Waals surface area contributed by atoms with Crippen molar-refractivity contribution in [1.29, 1.82) is 0 Å². The molecule has 0 bridgehead atoms. The van der Waals surface area contributed by atoms with Crippen LogP contribution < -0.4 is 4.74 Å². The van der Waals surface area contributed by atoms with E-state index in [0.717, 1.165) is 69.2 Å². The van der Waals surface area contributed by atoms with Crippen LogP contribution in [0.3, 0.4) is 0 Å². The number of aromatic nitrogens is 4. The van der Waals surface area contributed by atoms with Crippen molar-refractivity contribution < 1.29 is 23.1 Å².